The summed E-state index contributed by atoms with van der Waals surface area (Å²) in [5.74, 6) is 0.718. The van der Waals surface area contributed by atoms with E-state index in [-0.39, 0.29) is 6.10 Å². The molecule has 1 unspecified atom stereocenters. The van der Waals surface area contributed by atoms with E-state index in [9.17, 15) is 0 Å². The second kappa shape index (κ2) is 6.78. The summed E-state index contributed by atoms with van der Waals surface area (Å²) in [6.45, 7) is 4.60. The van der Waals surface area contributed by atoms with Gasteiger partial charge in [0.15, 0.2) is 5.82 Å². The van der Waals surface area contributed by atoms with Crippen LogP contribution in [0.2, 0.25) is 0 Å². The fourth-order valence-electron chi connectivity index (χ4n) is 1.88. The van der Waals surface area contributed by atoms with Crippen molar-refractivity contribution in [2.24, 2.45) is 0 Å². The average molecular weight is 321 g/mol. The lowest BCUT2D eigenvalue weighted by atomic mass is 10.1. The summed E-state index contributed by atoms with van der Waals surface area (Å²) in [6, 6.07) is 10.1. The van der Waals surface area contributed by atoms with Crippen molar-refractivity contribution in [3.8, 4) is 0 Å². The zero-order valence-corrected chi connectivity index (χ0v) is 12.7. The van der Waals surface area contributed by atoms with E-state index in [1.165, 1.54) is 0 Å². The minimum Gasteiger partial charge on any atom is -0.366 e. The third-order valence-electron chi connectivity index (χ3n) is 2.91. The normalized spacial score (nSPS) is 12.4. The first-order valence-corrected chi connectivity index (χ1v) is 7.43. The fourth-order valence-corrected chi connectivity index (χ4v) is 2.43. The highest BCUT2D eigenvalue weighted by molar-refractivity contribution is 9.08. The molecule has 0 amide bonds. The monoisotopic (exact) mass is 320 g/mol. The number of alkyl halides is 1. The molecule has 0 N–H and O–H groups in total. The molecule has 3 nitrogen and oxygen atoms in total. The van der Waals surface area contributed by atoms with Crippen LogP contribution >= 0.6 is 15.9 Å². The molecule has 0 aliphatic rings. The molecule has 0 bridgehead atoms. The van der Waals surface area contributed by atoms with Crippen molar-refractivity contribution in [1.82, 2.24) is 9.97 Å². The van der Waals surface area contributed by atoms with Crippen LogP contribution in [-0.2, 0) is 10.1 Å². The molecule has 1 aromatic heterocycles. The first-order valence-electron chi connectivity index (χ1n) is 6.31. The number of hydrogen-bond acceptors (Lipinski definition) is 3. The summed E-state index contributed by atoms with van der Waals surface area (Å²) < 4.78 is 5.81. The number of aryl methyl sites for hydroxylation is 1. The van der Waals surface area contributed by atoms with Gasteiger partial charge in [0.25, 0.3) is 0 Å². The van der Waals surface area contributed by atoms with Crippen LogP contribution in [0.25, 0.3) is 0 Å². The summed E-state index contributed by atoms with van der Waals surface area (Å²) >= 11 is 3.43. The second-order valence-electron chi connectivity index (χ2n) is 4.22. The van der Waals surface area contributed by atoms with Gasteiger partial charge >= 0.3 is 0 Å². The lowest BCUT2D eigenvalue weighted by Gasteiger charge is -2.17. The first-order chi connectivity index (χ1) is 9.26. The molecule has 2 aromatic rings. The molecular weight excluding hydrogens is 304 g/mol. The predicted octanol–water partition coefficient (Wildman–Crippen LogP) is 3.81. The molecule has 0 saturated carbocycles. The molecule has 0 spiro atoms. The van der Waals surface area contributed by atoms with E-state index >= 15 is 0 Å². The minimum atomic E-state index is -0.200. The Balaban J connectivity index is 2.37. The lowest BCUT2D eigenvalue weighted by molar-refractivity contribution is 0.0849. The average Bonchev–Trinajstić information content (AvgIpc) is 2.45. The van der Waals surface area contributed by atoms with E-state index < -0.39 is 0 Å². The molecule has 1 heterocycles. The Kier molecular flexibility index (Phi) is 5.05. The van der Waals surface area contributed by atoms with Gasteiger partial charge in [0, 0.05) is 29.4 Å². The molecule has 1 atom stereocenters. The number of hydrogen-bond donors (Lipinski definition) is 0. The van der Waals surface area contributed by atoms with Gasteiger partial charge in [-0.1, -0.05) is 46.3 Å². The van der Waals surface area contributed by atoms with Gasteiger partial charge in [-0.2, -0.15) is 0 Å². The zero-order chi connectivity index (χ0) is 13.7. The Labute approximate surface area is 122 Å². The summed E-state index contributed by atoms with van der Waals surface area (Å²) in [6.07, 6.45) is 1.66. The van der Waals surface area contributed by atoms with Crippen LogP contribution in [0, 0.1) is 6.92 Å². The van der Waals surface area contributed by atoms with Crippen molar-refractivity contribution in [3.63, 3.8) is 0 Å². The predicted molar refractivity (Wildman–Crippen MR) is 79.3 cm³/mol. The topological polar surface area (TPSA) is 35.0 Å². The highest BCUT2D eigenvalue weighted by Gasteiger charge is 2.17. The van der Waals surface area contributed by atoms with Gasteiger partial charge in [-0.25, -0.2) is 9.97 Å². The van der Waals surface area contributed by atoms with Crippen LogP contribution in [0.4, 0.5) is 0 Å². The van der Waals surface area contributed by atoms with E-state index in [4.69, 9.17) is 4.74 Å². The van der Waals surface area contributed by atoms with E-state index in [1.54, 1.807) is 0 Å². The molecule has 0 saturated heterocycles. The van der Waals surface area contributed by atoms with Gasteiger partial charge in [-0.15, -0.1) is 0 Å². The Morgan fingerprint density at radius 3 is 2.58 bits per heavy atom. The van der Waals surface area contributed by atoms with Gasteiger partial charge < -0.3 is 4.74 Å². The van der Waals surface area contributed by atoms with Gasteiger partial charge in [-0.3, -0.25) is 0 Å². The largest absolute Gasteiger partial charge is 0.366 e. The number of benzene rings is 1. The van der Waals surface area contributed by atoms with E-state index in [0.29, 0.717) is 6.61 Å². The number of rotatable bonds is 5. The van der Waals surface area contributed by atoms with Crippen LogP contribution in [0.5, 0.6) is 0 Å². The molecule has 0 fully saturated rings. The quantitative estimate of drug-likeness (QED) is 0.786. The Hall–Kier alpha value is -1.26. The second-order valence-corrected chi connectivity index (χ2v) is 4.78. The van der Waals surface area contributed by atoms with Gasteiger partial charge in [-0.05, 0) is 19.4 Å². The Morgan fingerprint density at radius 1 is 1.26 bits per heavy atom. The van der Waals surface area contributed by atoms with Crippen molar-refractivity contribution in [2.45, 2.75) is 25.3 Å². The van der Waals surface area contributed by atoms with Crippen molar-refractivity contribution in [1.29, 1.82) is 0 Å². The van der Waals surface area contributed by atoms with Gasteiger partial charge in [0.2, 0.25) is 0 Å². The third kappa shape index (κ3) is 3.39. The number of halogens is 1. The van der Waals surface area contributed by atoms with E-state index in [2.05, 4.69) is 25.9 Å². The number of aromatic nitrogens is 2. The van der Waals surface area contributed by atoms with E-state index in [1.807, 2.05) is 50.4 Å². The molecule has 100 valence electrons. The third-order valence-corrected chi connectivity index (χ3v) is 3.52. The maximum atomic E-state index is 5.81. The molecule has 0 aliphatic heterocycles. The van der Waals surface area contributed by atoms with Crippen molar-refractivity contribution >= 4 is 15.9 Å². The molecule has 0 aliphatic carbocycles. The SMILES string of the molecule is CCOC(c1ccccc1)c1ncc(CBr)c(C)n1. The molecule has 0 radical (unpaired) electrons. The van der Waals surface area contributed by atoms with Crippen LogP contribution in [0.15, 0.2) is 36.5 Å². The summed E-state index contributed by atoms with van der Waals surface area (Å²) in [7, 11) is 0. The molecule has 4 heteroatoms. The summed E-state index contributed by atoms with van der Waals surface area (Å²) in [5, 5.41) is 0.768. The molecule has 1 aromatic carbocycles. The number of ether oxygens (including phenoxy) is 1. The van der Waals surface area contributed by atoms with Crippen molar-refractivity contribution < 1.29 is 4.74 Å². The van der Waals surface area contributed by atoms with Crippen molar-refractivity contribution in [2.75, 3.05) is 6.61 Å². The maximum absolute atomic E-state index is 5.81. The van der Waals surface area contributed by atoms with Crippen LogP contribution < -0.4 is 0 Å². The maximum Gasteiger partial charge on any atom is 0.162 e. The summed E-state index contributed by atoms with van der Waals surface area (Å²) in [5.41, 5.74) is 3.17. The summed E-state index contributed by atoms with van der Waals surface area (Å²) in [4.78, 5) is 9.01. The van der Waals surface area contributed by atoms with Crippen LogP contribution in [0.1, 0.15) is 35.7 Å². The standard InChI is InChI=1S/C15H17BrN2O/c1-3-19-14(12-7-5-4-6-8-12)15-17-10-13(9-16)11(2)18-15/h4-8,10,14H,3,9H2,1-2H3. The zero-order valence-electron chi connectivity index (χ0n) is 11.1. The number of nitrogens with zero attached hydrogens (tertiary/aromatic N) is 2. The van der Waals surface area contributed by atoms with Gasteiger partial charge in [0.05, 0.1) is 0 Å². The highest BCUT2D eigenvalue weighted by atomic mass is 79.9. The van der Waals surface area contributed by atoms with Crippen LogP contribution in [0.3, 0.4) is 0 Å². The Bertz CT molecular complexity index is 531. The van der Waals surface area contributed by atoms with Gasteiger partial charge in [0.1, 0.15) is 6.10 Å². The molecular formula is C15H17BrN2O. The molecule has 19 heavy (non-hydrogen) atoms. The van der Waals surface area contributed by atoms with E-state index in [0.717, 1.165) is 28.0 Å². The lowest BCUT2D eigenvalue weighted by Crippen LogP contribution is -2.11. The fraction of sp³-hybridized carbons (Fsp3) is 0.333. The molecule has 2 rings (SSSR count). The van der Waals surface area contributed by atoms with Crippen molar-refractivity contribution in [3.05, 3.63) is 59.2 Å². The minimum absolute atomic E-state index is 0.200. The first kappa shape index (κ1) is 14.2. The smallest absolute Gasteiger partial charge is 0.162 e. The van der Waals surface area contributed by atoms with Crippen LogP contribution in [-0.4, -0.2) is 16.6 Å². The highest BCUT2D eigenvalue weighted by Crippen LogP contribution is 2.23. The Morgan fingerprint density at radius 2 is 2.00 bits per heavy atom.